The largest absolute Gasteiger partial charge is 0.468 e. The van der Waals surface area contributed by atoms with Gasteiger partial charge in [0.2, 0.25) is 0 Å². The third-order valence-corrected chi connectivity index (χ3v) is 2.37. The molecule has 0 radical (unpaired) electrons. The van der Waals surface area contributed by atoms with Crippen molar-refractivity contribution in [3.05, 3.63) is 0 Å². The molecule has 0 amide bonds. The highest BCUT2D eigenvalue weighted by atomic mass is 35.5. The molecule has 0 bridgehead atoms. The number of hydrogen-bond donors (Lipinski definition) is 0. The van der Waals surface area contributed by atoms with Crippen LogP contribution in [0.5, 0.6) is 0 Å². The fourth-order valence-electron chi connectivity index (χ4n) is 1.25. The van der Waals surface area contributed by atoms with Gasteiger partial charge >= 0.3 is 5.97 Å². The van der Waals surface area contributed by atoms with Gasteiger partial charge in [0.15, 0.2) is 0 Å². The lowest BCUT2D eigenvalue weighted by molar-refractivity contribution is -0.149. The van der Waals surface area contributed by atoms with Crippen molar-refractivity contribution in [2.24, 2.45) is 5.92 Å². The molecule has 4 heteroatoms. The van der Waals surface area contributed by atoms with Crippen LogP contribution in [0.3, 0.4) is 0 Å². The summed E-state index contributed by atoms with van der Waals surface area (Å²) in [4.78, 5) is 22.2. The van der Waals surface area contributed by atoms with Crippen LogP contribution in [-0.2, 0) is 14.3 Å². The molecule has 1 unspecified atom stereocenters. The van der Waals surface area contributed by atoms with Gasteiger partial charge in [0.1, 0.15) is 11.7 Å². The number of hydrogen-bond acceptors (Lipinski definition) is 3. The minimum absolute atomic E-state index is 0.122. The minimum atomic E-state index is -0.588. The highest BCUT2D eigenvalue weighted by molar-refractivity contribution is 6.17. The predicted molar refractivity (Wildman–Crippen MR) is 55.4 cm³/mol. The second-order valence-corrected chi connectivity index (χ2v) is 3.60. The van der Waals surface area contributed by atoms with Crippen molar-refractivity contribution in [2.45, 2.75) is 32.6 Å². The molecule has 0 spiro atoms. The van der Waals surface area contributed by atoms with Crippen LogP contribution in [0.2, 0.25) is 0 Å². The lowest BCUT2D eigenvalue weighted by Gasteiger charge is -2.10. The topological polar surface area (TPSA) is 43.4 Å². The van der Waals surface area contributed by atoms with E-state index in [0.717, 1.165) is 19.3 Å². The van der Waals surface area contributed by atoms with Gasteiger partial charge in [0, 0.05) is 5.88 Å². The normalized spacial score (nSPS) is 12.2. The number of esters is 1. The van der Waals surface area contributed by atoms with E-state index < -0.39 is 11.9 Å². The van der Waals surface area contributed by atoms with Crippen molar-refractivity contribution >= 4 is 23.4 Å². The van der Waals surface area contributed by atoms with Gasteiger partial charge in [0.05, 0.1) is 7.11 Å². The molecule has 0 N–H and O–H groups in total. The number of methoxy groups -OCH3 is 1. The van der Waals surface area contributed by atoms with Gasteiger partial charge in [-0.15, -0.1) is 11.6 Å². The fraction of sp³-hybridized carbons (Fsp3) is 0.800. The zero-order valence-electron chi connectivity index (χ0n) is 8.72. The molecule has 0 saturated heterocycles. The maximum atomic E-state index is 11.1. The quantitative estimate of drug-likeness (QED) is 0.286. The predicted octanol–water partition coefficient (Wildman–Crippen LogP) is 2.16. The summed E-state index contributed by atoms with van der Waals surface area (Å²) >= 11 is 5.51. The molecule has 0 heterocycles. The number of carbonyl (C=O) groups excluding carboxylic acids is 2. The van der Waals surface area contributed by atoms with Crippen LogP contribution in [0.25, 0.3) is 0 Å². The van der Waals surface area contributed by atoms with Crippen molar-refractivity contribution < 1.29 is 14.3 Å². The summed E-state index contributed by atoms with van der Waals surface area (Å²) in [5, 5.41) is 0. The van der Waals surface area contributed by atoms with Crippen LogP contribution in [0.15, 0.2) is 0 Å². The molecule has 3 nitrogen and oxygen atoms in total. The lowest BCUT2D eigenvalue weighted by atomic mass is 9.98. The number of halogens is 1. The summed E-state index contributed by atoms with van der Waals surface area (Å²) < 4.78 is 4.54. The maximum Gasteiger partial charge on any atom is 0.316 e. The standard InChI is InChI=1S/C10H17ClO3/c1-8(12)9(10(13)14-2)6-4-3-5-7-11/h9H,3-7H2,1-2H3. The molecule has 0 aliphatic rings. The van der Waals surface area contributed by atoms with Gasteiger partial charge in [0.25, 0.3) is 0 Å². The molecule has 0 aromatic heterocycles. The minimum Gasteiger partial charge on any atom is -0.468 e. The number of unbranched alkanes of at least 4 members (excludes halogenated alkanes) is 2. The van der Waals surface area contributed by atoms with E-state index in [-0.39, 0.29) is 5.78 Å². The van der Waals surface area contributed by atoms with Gasteiger partial charge in [-0.25, -0.2) is 0 Å². The Bertz CT molecular complexity index is 192. The number of ether oxygens (including phenoxy) is 1. The average molecular weight is 221 g/mol. The Balaban J connectivity index is 3.86. The first kappa shape index (κ1) is 13.4. The van der Waals surface area contributed by atoms with Crippen LogP contribution >= 0.6 is 11.6 Å². The SMILES string of the molecule is COC(=O)C(CCCCCCl)C(C)=O. The number of ketones is 1. The van der Waals surface area contributed by atoms with Gasteiger partial charge in [-0.05, 0) is 19.8 Å². The van der Waals surface area contributed by atoms with Crippen molar-refractivity contribution in [2.75, 3.05) is 13.0 Å². The third kappa shape index (κ3) is 5.22. The van der Waals surface area contributed by atoms with Crippen LogP contribution in [0.1, 0.15) is 32.6 Å². The Morgan fingerprint density at radius 1 is 1.29 bits per heavy atom. The Labute approximate surface area is 89.8 Å². The first-order chi connectivity index (χ1) is 6.63. The Morgan fingerprint density at radius 3 is 2.36 bits per heavy atom. The Hall–Kier alpha value is -0.570. The molecule has 0 aromatic carbocycles. The van der Waals surface area contributed by atoms with Crippen LogP contribution in [0, 0.1) is 5.92 Å². The highest BCUT2D eigenvalue weighted by Crippen LogP contribution is 2.13. The number of rotatable bonds is 7. The molecule has 14 heavy (non-hydrogen) atoms. The first-order valence-corrected chi connectivity index (χ1v) is 5.31. The van der Waals surface area contributed by atoms with Gasteiger partial charge < -0.3 is 4.74 Å². The van der Waals surface area contributed by atoms with E-state index in [0.29, 0.717) is 12.3 Å². The summed E-state index contributed by atoms with van der Waals surface area (Å²) in [6.45, 7) is 1.42. The van der Waals surface area contributed by atoms with E-state index in [4.69, 9.17) is 11.6 Å². The molecule has 0 aliphatic carbocycles. The summed E-state index contributed by atoms with van der Waals surface area (Å²) in [5.41, 5.74) is 0. The Morgan fingerprint density at radius 2 is 1.93 bits per heavy atom. The fourth-order valence-corrected chi connectivity index (χ4v) is 1.44. The molecule has 0 fully saturated rings. The van der Waals surface area contributed by atoms with Crippen LogP contribution < -0.4 is 0 Å². The van der Waals surface area contributed by atoms with Crippen molar-refractivity contribution in [3.63, 3.8) is 0 Å². The number of Topliss-reactive ketones (excluding diaryl/α,β-unsaturated/α-hetero) is 1. The second-order valence-electron chi connectivity index (χ2n) is 3.22. The Kier molecular flexibility index (Phi) is 7.48. The van der Waals surface area contributed by atoms with Crippen LogP contribution in [-0.4, -0.2) is 24.7 Å². The monoisotopic (exact) mass is 220 g/mol. The van der Waals surface area contributed by atoms with Gasteiger partial charge in [-0.2, -0.15) is 0 Å². The zero-order chi connectivity index (χ0) is 11.0. The van der Waals surface area contributed by atoms with E-state index in [1.807, 2.05) is 0 Å². The molecule has 82 valence electrons. The summed E-state index contributed by atoms with van der Waals surface area (Å²) in [5.74, 6) is -0.510. The first-order valence-electron chi connectivity index (χ1n) is 4.77. The molecule has 0 aliphatic heterocycles. The molecule has 0 saturated carbocycles. The smallest absolute Gasteiger partial charge is 0.316 e. The summed E-state index contributed by atoms with van der Waals surface area (Å²) in [6.07, 6.45) is 3.28. The summed E-state index contributed by atoms with van der Waals surface area (Å²) in [7, 11) is 1.30. The second kappa shape index (κ2) is 7.80. The number of carbonyl (C=O) groups is 2. The van der Waals surface area contributed by atoms with E-state index in [1.165, 1.54) is 14.0 Å². The van der Waals surface area contributed by atoms with Gasteiger partial charge in [-0.3, -0.25) is 9.59 Å². The van der Waals surface area contributed by atoms with Crippen LogP contribution in [0.4, 0.5) is 0 Å². The zero-order valence-corrected chi connectivity index (χ0v) is 9.47. The molecule has 0 rings (SSSR count). The van der Waals surface area contributed by atoms with Crippen molar-refractivity contribution in [3.8, 4) is 0 Å². The lowest BCUT2D eigenvalue weighted by Crippen LogP contribution is -2.23. The molecular formula is C10H17ClO3. The molecule has 0 aromatic rings. The van der Waals surface area contributed by atoms with E-state index in [9.17, 15) is 9.59 Å². The van der Waals surface area contributed by atoms with E-state index in [1.54, 1.807) is 0 Å². The maximum absolute atomic E-state index is 11.1. The van der Waals surface area contributed by atoms with E-state index in [2.05, 4.69) is 4.74 Å². The van der Waals surface area contributed by atoms with E-state index >= 15 is 0 Å². The van der Waals surface area contributed by atoms with Crippen molar-refractivity contribution in [1.82, 2.24) is 0 Å². The average Bonchev–Trinajstić information content (AvgIpc) is 2.16. The molecular weight excluding hydrogens is 204 g/mol. The summed E-state index contributed by atoms with van der Waals surface area (Å²) in [6, 6.07) is 0. The van der Waals surface area contributed by atoms with Crippen molar-refractivity contribution in [1.29, 1.82) is 0 Å². The molecule has 1 atom stereocenters. The number of alkyl halides is 1. The van der Waals surface area contributed by atoms with Gasteiger partial charge in [-0.1, -0.05) is 12.8 Å². The highest BCUT2D eigenvalue weighted by Gasteiger charge is 2.22. The third-order valence-electron chi connectivity index (χ3n) is 2.10.